The summed E-state index contributed by atoms with van der Waals surface area (Å²) in [6.07, 6.45) is 4.01. The molecule has 0 radical (unpaired) electrons. The Kier molecular flexibility index (Phi) is 5.53. The maximum atomic E-state index is 13.6. The second-order valence-electron chi connectivity index (χ2n) is 8.25. The molecule has 33 heavy (non-hydrogen) atoms. The molecular formula is C26H21N3O3S. The summed E-state index contributed by atoms with van der Waals surface area (Å²) in [4.78, 5) is 42.1. The van der Waals surface area contributed by atoms with Gasteiger partial charge in [0.05, 0.1) is 16.7 Å². The third-order valence-electron chi connectivity index (χ3n) is 6.23. The topological polar surface area (TPSA) is 90.3 Å². The average Bonchev–Trinajstić information content (AvgIpc) is 3.32. The lowest BCUT2D eigenvalue weighted by Crippen LogP contribution is -2.48. The summed E-state index contributed by atoms with van der Waals surface area (Å²) in [5, 5.41) is 13.1. The predicted octanol–water partition coefficient (Wildman–Crippen LogP) is 4.34. The molecule has 0 saturated carbocycles. The molecule has 1 aliphatic carbocycles. The van der Waals surface area contributed by atoms with Gasteiger partial charge in [-0.05, 0) is 48.9 Å². The number of imide groups is 1. The Hall–Kier alpha value is -3.76. The number of carbonyl (C=O) groups is 3. The second kappa shape index (κ2) is 8.64. The van der Waals surface area contributed by atoms with E-state index in [4.69, 9.17) is 0 Å². The lowest BCUT2D eigenvalue weighted by Gasteiger charge is -2.25. The molecule has 1 aromatic heterocycles. The number of carbonyl (C=O) groups excluding carboxylic acids is 3. The Morgan fingerprint density at radius 2 is 1.64 bits per heavy atom. The number of nitrogens with zero attached hydrogens (tertiary/aromatic N) is 2. The molecule has 6 nitrogen and oxygen atoms in total. The number of hydrogen-bond acceptors (Lipinski definition) is 5. The first-order chi connectivity index (χ1) is 16.1. The van der Waals surface area contributed by atoms with Gasteiger partial charge in [-0.3, -0.25) is 19.3 Å². The van der Waals surface area contributed by atoms with Crippen LogP contribution in [0.25, 0.3) is 0 Å². The van der Waals surface area contributed by atoms with Crippen LogP contribution in [-0.4, -0.2) is 28.7 Å². The molecule has 3 aromatic rings. The molecule has 7 heteroatoms. The van der Waals surface area contributed by atoms with Crippen LogP contribution in [0.3, 0.4) is 0 Å². The monoisotopic (exact) mass is 455 g/mol. The molecule has 3 amide bonds. The molecule has 0 bridgehead atoms. The number of benzene rings is 2. The number of nitriles is 1. The van der Waals surface area contributed by atoms with Crippen molar-refractivity contribution < 1.29 is 14.4 Å². The summed E-state index contributed by atoms with van der Waals surface area (Å²) < 4.78 is 0. The Morgan fingerprint density at radius 1 is 1.00 bits per heavy atom. The Morgan fingerprint density at radius 3 is 2.30 bits per heavy atom. The standard InChI is InChI=1S/C26H21N3O3S/c27-15-20-17-10-6-7-13-22(17)33-24(20)28-23(30)21(14-16-8-2-1-3-9-16)29-25(31)18-11-4-5-12-19(18)26(29)32/h1-5,8-9,11-12,21H,6-7,10,13-14H2,(H,28,30)/t21-/m0/s1. The molecular weight excluding hydrogens is 434 g/mol. The van der Waals surface area contributed by atoms with Crippen molar-refractivity contribution in [2.45, 2.75) is 38.1 Å². The maximum absolute atomic E-state index is 13.6. The summed E-state index contributed by atoms with van der Waals surface area (Å²) in [5.41, 5.74) is 2.96. The summed E-state index contributed by atoms with van der Waals surface area (Å²) in [6.45, 7) is 0. The van der Waals surface area contributed by atoms with Crippen LogP contribution in [0.15, 0.2) is 54.6 Å². The van der Waals surface area contributed by atoms with Crippen LogP contribution >= 0.6 is 11.3 Å². The highest BCUT2D eigenvalue weighted by Crippen LogP contribution is 2.38. The first kappa shape index (κ1) is 21.1. The zero-order chi connectivity index (χ0) is 22.9. The van der Waals surface area contributed by atoms with E-state index in [0.29, 0.717) is 21.7 Å². The Labute approximate surface area is 195 Å². The van der Waals surface area contributed by atoms with E-state index in [1.165, 1.54) is 11.3 Å². The molecule has 0 fully saturated rings. The zero-order valence-electron chi connectivity index (χ0n) is 17.8. The number of thiophene rings is 1. The van der Waals surface area contributed by atoms with Gasteiger partial charge in [-0.25, -0.2) is 0 Å². The summed E-state index contributed by atoms with van der Waals surface area (Å²) in [6, 6.07) is 17.1. The van der Waals surface area contributed by atoms with Gasteiger partial charge in [0.25, 0.3) is 11.8 Å². The minimum atomic E-state index is -1.04. The summed E-state index contributed by atoms with van der Waals surface area (Å²) in [7, 11) is 0. The molecule has 0 spiro atoms. The van der Waals surface area contributed by atoms with Crippen molar-refractivity contribution in [3.63, 3.8) is 0 Å². The van der Waals surface area contributed by atoms with Gasteiger partial charge in [0.15, 0.2) is 0 Å². The zero-order valence-corrected chi connectivity index (χ0v) is 18.7. The fraction of sp³-hybridized carbons (Fsp3) is 0.231. The number of rotatable bonds is 5. The lowest BCUT2D eigenvalue weighted by molar-refractivity contribution is -0.119. The van der Waals surface area contributed by atoms with Crippen LogP contribution in [0.1, 0.15) is 55.1 Å². The van der Waals surface area contributed by atoms with Crippen molar-refractivity contribution in [3.05, 3.63) is 87.3 Å². The lowest BCUT2D eigenvalue weighted by atomic mass is 9.96. The number of nitrogens with one attached hydrogen (secondary N) is 1. The first-order valence-electron chi connectivity index (χ1n) is 10.9. The van der Waals surface area contributed by atoms with E-state index >= 15 is 0 Å². The van der Waals surface area contributed by atoms with Gasteiger partial charge >= 0.3 is 0 Å². The van der Waals surface area contributed by atoms with E-state index in [0.717, 1.165) is 46.6 Å². The number of hydrogen-bond donors (Lipinski definition) is 1. The SMILES string of the molecule is N#Cc1c(NC(=O)[C@H](Cc2ccccc2)N2C(=O)c3ccccc3C2=O)sc2c1CCCC2. The predicted molar refractivity (Wildman–Crippen MR) is 125 cm³/mol. The van der Waals surface area contributed by atoms with Crippen LogP contribution in [0.4, 0.5) is 5.00 Å². The van der Waals surface area contributed by atoms with Crippen molar-refractivity contribution in [2.75, 3.05) is 5.32 Å². The third kappa shape index (κ3) is 3.73. The van der Waals surface area contributed by atoms with Crippen molar-refractivity contribution in [1.29, 1.82) is 5.26 Å². The highest BCUT2D eigenvalue weighted by Gasteiger charge is 2.43. The van der Waals surface area contributed by atoms with Crippen molar-refractivity contribution >= 4 is 34.1 Å². The molecule has 1 N–H and O–H groups in total. The number of aryl methyl sites for hydroxylation is 1. The largest absolute Gasteiger partial charge is 0.315 e. The number of amides is 3. The van der Waals surface area contributed by atoms with E-state index in [-0.39, 0.29) is 6.42 Å². The third-order valence-corrected chi connectivity index (χ3v) is 7.44. The summed E-state index contributed by atoms with van der Waals surface area (Å²) in [5.74, 6) is -1.42. The second-order valence-corrected chi connectivity index (χ2v) is 9.35. The molecule has 0 saturated heterocycles. The first-order valence-corrected chi connectivity index (χ1v) is 11.8. The van der Waals surface area contributed by atoms with Gasteiger partial charge < -0.3 is 5.32 Å². The van der Waals surface area contributed by atoms with E-state index in [1.807, 2.05) is 30.3 Å². The Bertz CT molecular complexity index is 1270. The van der Waals surface area contributed by atoms with Gasteiger partial charge in [0.1, 0.15) is 17.1 Å². The van der Waals surface area contributed by atoms with Gasteiger partial charge in [0.2, 0.25) is 5.91 Å². The number of fused-ring (bicyclic) bond motifs is 2. The molecule has 2 aliphatic rings. The maximum Gasteiger partial charge on any atom is 0.262 e. The quantitative estimate of drug-likeness (QED) is 0.580. The highest BCUT2D eigenvalue weighted by atomic mass is 32.1. The van der Waals surface area contributed by atoms with Crippen molar-refractivity contribution in [3.8, 4) is 6.07 Å². The van der Waals surface area contributed by atoms with E-state index < -0.39 is 23.8 Å². The smallest absolute Gasteiger partial charge is 0.262 e. The van der Waals surface area contributed by atoms with Crippen molar-refractivity contribution in [2.24, 2.45) is 0 Å². The van der Waals surface area contributed by atoms with Gasteiger partial charge in [-0.2, -0.15) is 5.26 Å². The molecule has 2 aromatic carbocycles. The Balaban J connectivity index is 1.50. The van der Waals surface area contributed by atoms with Gasteiger partial charge in [0, 0.05) is 11.3 Å². The highest BCUT2D eigenvalue weighted by molar-refractivity contribution is 7.16. The van der Waals surface area contributed by atoms with Crippen LogP contribution in [0, 0.1) is 11.3 Å². The van der Waals surface area contributed by atoms with Gasteiger partial charge in [-0.15, -0.1) is 11.3 Å². The molecule has 1 atom stereocenters. The minimum Gasteiger partial charge on any atom is -0.315 e. The molecule has 164 valence electrons. The molecule has 1 aliphatic heterocycles. The normalized spacial score (nSPS) is 15.5. The molecule has 0 unspecified atom stereocenters. The number of anilines is 1. The van der Waals surface area contributed by atoms with Gasteiger partial charge in [-0.1, -0.05) is 42.5 Å². The molecule has 2 heterocycles. The van der Waals surface area contributed by atoms with E-state index in [9.17, 15) is 19.6 Å². The van der Waals surface area contributed by atoms with E-state index in [2.05, 4.69) is 11.4 Å². The fourth-order valence-corrected chi connectivity index (χ4v) is 5.84. The van der Waals surface area contributed by atoms with Crippen LogP contribution in [-0.2, 0) is 24.1 Å². The van der Waals surface area contributed by atoms with Crippen LogP contribution < -0.4 is 5.32 Å². The minimum absolute atomic E-state index is 0.186. The van der Waals surface area contributed by atoms with Crippen LogP contribution in [0.5, 0.6) is 0 Å². The van der Waals surface area contributed by atoms with Crippen LogP contribution in [0.2, 0.25) is 0 Å². The average molecular weight is 456 g/mol. The van der Waals surface area contributed by atoms with E-state index in [1.54, 1.807) is 24.3 Å². The summed E-state index contributed by atoms with van der Waals surface area (Å²) >= 11 is 1.43. The fourth-order valence-electron chi connectivity index (χ4n) is 4.60. The molecule has 5 rings (SSSR count). The van der Waals surface area contributed by atoms with Crippen molar-refractivity contribution in [1.82, 2.24) is 4.90 Å².